The Balaban J connectivity index is 1.46. The number of anilines is 1. The van der Waals surface area contributed by atoms with Gasteiger partial charge >= 0.3 is 0 Å². The SMILES string of the molecule is [2H]C([2H])([2H])c1ccc(-c2nnc3ccc(-c4cccc(NC(=O)c5cccc(Cl)c5)c4)nn23)o1. The number of aromatic nitrogens is 4. The smallest absolute Gasteiger partial charge is 0.255 e. The van der Waals surface area contributed by atoms with E-state index < -0.39 is 6.85 Å². The predicted octanol–water partition coefficient (Wildman–Crippen LogP) is 5.27. The topological polar surface area (TPSA) is 85.3 Å². The van der Waals surface area contributed by atoms with E-state index in [4.69, 9.17) is 20.1 Å². The minimum absolute atomic E-state index is 0.140. The lowest BCUT2D eigenvalue weighted by Crippen LogP contribution is -2.11. The largest absolute Gasteiger partial charge is 0.458 e. The van der Waals surface area contributed by atoms with E-state index in [1.54, 1.807) is 54.6 Å². The van der Waals surface area contributed by atoms with Crippen molar-refractivity contribution < 1.29 is 13.3 Å². The summed E-state index contributed by atoms with van der Waals surface area (Å²) in [5.74, 6) is 0.0918. The molecule has 3 aromatic heterocycles. The van der Waals surface area contributed by atoms with Crippen LogP contribution in [0.5, 0.6) is 0 Å². The highest BCUT2D eigenvalue weighted by atomic mass is 35.5. The van der Waals surface area contributed by atoms with E-state index in [9.17, 15) is 4.79 Å². The maximum absolute atomic E-state index is 12.6. The lowest BCUT2D eigenvalue weighted by molar-refractivity contribution is 0.102. The highest BCUT2D eigenvalue weighted by molar-refractivity contribution is 6.31. The van der Waals surface area contributed by atoms with Crippen LogP contribution >= 0.6 is 11.6 Å². The molecular formula is C23H16ClN5O2. The predicted molar refractivity (Wildman–Crippen MR) is 118 cm³/mol. The second kappa shape index (κ2) is 7.70. The maximum Gasteiger partial charge on any atom is 0.255 e. The summed E-state index contributed by atoms with van der Waals surface area (Å²) in [4.78, 5) is 12.6. The van der Waals surface area contributed by atoms with Gasteiger partial charge in [-0.25, -0.2) is 0 Å². The fourth-order valence-electron chi connectivity index (χ4n) is 3.14. The van der Waals surface area contributed by atoms with E-state index >= 15 is 0 Å². The molecule has 2 aromatic carbocycles. The summed E-state index contributed by atoms with van der Waals surface area (Å²) in [6, 6.07) is 20.3. The Kier molecular flexibility index (Phi) is 3.93. The van der Waals surface area contributed by atoms with E-state index in [0.717, 1.165) is 5.56 Å². The van der Waals surface area contributed by atoms with Gasteiger partial charge < -0.3 is 9.73 Å². The van der Waals surface area contributed by atoms with Crippen molar-refractivity contribution in [1.29, 1.82) is 0 Å². The van der Waals surface area contributed by atoms with Gasteiger partial charge in [-0.05, 0) is 61.4 Å². The number of rotatable bonds is 4. The molecule has 152 valence electrons. The summed E-state index contributed by atoms with van der Waals surface area (Å²) in [6.07, 6.45) is 0. The van der Waals surface area contributed by atoms with Crippen LogP contribution in [0.3, 0.4) is 0 Å². The Labute approximate surface area is 186 Å². The number of halogens is 1. The highest BCUT2D eigenvalue weighted by Gasteiger charge is 2.14. The van der Waals surface area contributed by atoms with Gasteiger partial charge in [0.15, 0.2) is 11.4 Å². The van der Waals surface area contributed by atoms with Crippen molar-refractivity contribution >= 4 is 28.8 Å². The number of fused-ring (bicyclic) bond motifs is 1. The Morgan fingerprint density at radius 2 is 1.97 bits per heavy atom. The number of carbonyl (C=O) groups excluding carboxylic acids is 1. The van der Waals surface area contributed by atoms with Gasteiger partial charge in [-0.1, -0.05) is 29.8 Å². The van der Waals surface area contributed by atoms with Crippen LogP contribution in [-0.2, 0) is 0 Å². The third kappa shape index (κ3) is 3.78. The molecular weight excluding hydrogens is 414 g/mol. The molecule has 0 atom stereocenters. The lowest BCUT2D eigenvalue weighted by atomic mass is 10.1. The van der Waals surface area contributed by atoms with E-state index in [0.29, 0.717) is 27.6 Å². The van der Waals surface area contributed by atoms with E-state index in [2.05, 4.69) is 20.6 Å². The number of hydrogen-bond acceptors (Lipinski definition) is 5. The molecule has 0 aliphatic rings. The number of carbonyl (C=O) groups is 1. The molecule has 0 bridgehead atoms. The molecule has 5 aromatic rings. The molecule has 0 unspecified atom stereocenters. The zero-order valence-electron chi connectivity index (χ0n) is 18.9. The first kappa shape index (κ1) is 15.8. The molecule has 0 spiro atoms. The third-order valence-electron chi connectivity index (χ3n) is 4.59. The monoisotopic (exact) mass is 432 g/mol. The zero-order chi connectivity index (χ0) is 23.9. The van der Waals surface area contributed by atoms with Gasteiger partial charge in [0, 0.05) is 25.9 Å². The first-order valence-electron chi connectivity index (χ1n) is 10.8. The molecule has 1 amide bonds. The van der Waals surface area contributed by atoms with Crippen molar-refractivity contribution in [1.82, 2.24) is 19.8 Å². The van der Waals surface area contributed by atoms with Gasteiger partial charge in [-0.2, -0.15) is 9.61 Å². The van der Waals surface area contributed by atoms with Crippen LogP contribution in [0.1, 0.15) is 20.2 Å². The number of nitrogens with one attached hydrogen (secondary N) is 1. The van der Waals surface area contributed by atoms with Crippen LogP contribution in [0.4, 0.5) is 5.69 Å². The molecule has 5 rings (SSSR count). The first-order chi connectivity index (χ1) is 16.3. The van der Waals surface area contributed by atoms with Gasteiger partial charge in [0.2, 0.25) is 5.82 Å². The van der Waals surface area contributed by atoms with Crippen molar-refractivity contribution in [3.8, 4) is 22.8 Å². The molecule has 0 aliphatic heterocycles. The fraction of sp³-hybridized carbons (Fsp3) is 0.0435. The Hall–Kier alpha value is -3.97. The average molecular weight is 433 g/mol. The van der Waals surface area contributed by atoms with Crippen LogP contribution in [0.25, 0.3) is 28.5 Å². The quantitative estimate of drug-likeness (QED) is 0.418. The molecule has 0 saturated carbocycles. The van der Waals surface area contributed by atoms with Crippen molar-refractivity contribution in [3.63, 3.8) is 0 Å². The summed E-state index contributed by atoms with van der Waals surface area (Å²) >= 11 is 5.98. The minimum Gasteiger partial charge on any atom is -0.458 e. The first-order valence-corrected chi connectivity index (χ1v) is 9.66. The van der Waals surface area contributed by atoms with Gasteiger partial charge in [-0.3, -0.25) is 4.79 Å². The standard InChI is InChI=1S/C23H16ClN5O2/c1-14-8-10-20(31-14)22-27-26-21-11-9-19(28-29(21)22)15-4-3-7-18(13-15)25-23(30)16-5-2-6-17(24)12-16/h2-13H,1H3,(H,25,30)/i1D3. The van der Waals surface area contributed by atoms with Gasteiger partial charge in [0.1, 0.15) is 5.76 Å². The zero-order valence-corrected chi connectivity index (χ0v) is 16.7. The molecule has 31 heavy (non-hydrogen) atoms. The van der Waals surface area contributed by atoms with E-state index in [-0.39, 0.29) is 23.3 Å². The summed E-state index contributed by atoms with van der Waals surface area (Å²) in [7, 11) is 0. The Morgan fingerprint density at radius 1 is 1.06 bits per heavy atom. The molecule has 8 heteroatoms. The number of hydrogen-bond donors (Lipinski definition) is 1. The van der Waals surface area contributed by atoms with Crippen molar-refractivity contribution in [3.05, 3.63) is 89.1 Å². The summed E-state index contributed by atoms with van der Waals surface area (Å²) in [5.41, 5.74) is 2.84. The summed E-state index contributed by atoms with van der Waals surface area (Å²) in [5, 5.41) is 16.1. The maximum atomic E-state index is 12.6. The molecule has 0 radical (unpaired) electrons. The average Bonchev–Trinajstić information content (AvgIpc) is 3.46. The van der Waals surface area contributed by atoms with Crippen LogP contribution < -0.4 is 5.32 Å². The number of aryl methyl sites for hydroxylation is 1. The van der Waals surface area contributed by atoms with E-state index in [1.165, 1.54) is 16.6 Å². The van der Waals surface area contributed by atoms with Crippen molar-refractivity contribution in [2.24, 2.45) is 0 Å². The van der Waals surface area contributed by atoms with Crippen molar-refractivity contribution in [2.45, 2.75) is 6.85 Å². The molecule has 3 heterocycles. The Bertz CT molecular complexity index is 1530. The van der Waals surface area contributed by atoms with Gasteiger partial charge in [0.05, 0.1) is 5.69 Å². The molecule has 0 saturated heterocycles. The van der Waals surface area contributed by atoms with Crippen LogP contribution in [0, 0.1) is 6.85 Å². The number of amides is 1. The van der Waals surface area contributed by atoms with Crippen molar-refractivity contribution in [2.75, 3.05) is 5.32 Å². The molecule has 7 nitrogen and oxygen atoms in total. The number of furan rings is 1. The van der Waals surface area contributed by atoms with Crippen LogP contribution in [0.2, 0.25) is 5.02 Å². The molecule has 0 fully saturated rings. The van der Waals surface area contributed by atoms with Crippen LogP contribution in [0.15, 0.2) is 77.2 Å². The lowest BCUT2D eigenvalue weighted by Gasteiger charge is -2.08. The summed E-state index contributed by atoms with van der Waals surface area (Å²) < 4.78 is 29.5. The van der Waals surface area contributed by atoms with Gasteiger partial charge in [-0.15, -0.1) is 10.2 Å². The van der Waals surface area contributed by atoms with Gasteiger partial charge in [0.25, 0.3) is 5.91 Å². The third-order valence-corrected chi connectivity index (χ3v) is 4.83. The summed E-state index contributed by atoms with van der Waals surface area (Å²) in [6.45, 7) is -2.37. The normalized spacial score (nSPS) is 12.9. The van der Waals surface area contributed by atoms with E-state index in [1.807, 2.05) is 6.07 Å². The van der Waals surface area contributed by atoms with Crippen LogP contribution in [-0.4, -0.2) is 25.7 Å². The number of benzene rings is 2. The highest BCUT2D eigenvalue weighted by Crippen LogP contribution is 2.25. The Morgan fingerprint density at radius 3 is 2.81 bits per heavy atom. The minimum atomic E-state index is -2.37. The molecule has 0 aliphatic carbocycles. The second-order valence-corrected chi connectivity index (χ2v) is 7.16. The second-order valence-electron chi connectivity index (χ2n) is 6.72. The fourth-order valence-corrected chi connectivity index (χ4v) is 3.33. The number of nitrogens with zero attached hydrogens (tertiary/aromatic N) is 4. The molecule has 1 N–H and O–H groups in total.